The number of anilines is 1. The number of benzene rings is 1. The van der Waals surface area contributed by atoms with Crippen molar-refractivity contribution in [3.05, 3.63) is 51.8 Å². The van der Waals surface area contributed by atoms with Gasteiger partial charge in [-0.15, -0.1) is 0 Å². The Morgan fingerprint density at radius 2 is 2.08 bits per heavy atom. The molecule has 0 unspecified atom stereocenters. The van der Waals surface area contributed by atoms with E-state index in [-0.39, 0.29) is 29.5 Å². The lowest BCUT2D eigenvalue weighted by atomic mass is 10.1. The number of carbonyl (C=O) groups excluding carboxylic acids is 2. The van der Waals surface area contributed by atoms with Crippen LogP contribution < -0.4 is 5.32 Å². The molecule has 9 heteroatoms. The lowest BCUT2D eigenvalue weighted by Crippen LogP contribution is -2.40. The third kappa shape index (κ3) is 5.13. The van der Waals surface area contributed by atoms with Crippen molar-refractivity contribution in [3.8, 4) is 0 Å². The molecule has 0 atom stereocenters. The normalized spacial score (nSPS) is 10.6. The van der Waals surface area contributed by atoms with Crippen LogP contribution in [0.1, 0.15) is 30.0 Å². The monoisotopic (exact) mass is 360 g/mol. The van der Waals surface area contributed by atoms with E-state index in [0.717, 1.165) is 0 Å². The van der Waals surface area contributed by atoms with Crippen LogP contribution in [0.25, 0.3) is 0 Å². The van der Waals surface area contributed by atoms with Crippen molar-refractivity contribution in [1.29, 1.82) is 0 Å². The van der Waals surface area contributed by atoms with E-state index in [1.54, 1.807) is 13.0 Å². The van der Waals surface area contributed by atoms with Gasteiger partial charge in [-0.25, -0.2) is 0 Å². The fourth-order valence-corrected chi connectivity index (χ4v) is 2.38. The Morgan fingerprint density at radius 1 is 1.35 bits per heavy atom. The Kier molecular flexibility index (Phi) is 6.05. The topological polar surface area (TPSA) is 119 Å². The molecule has 2 rings (SSSR count). The molecule has 0 spiro atoms. The average molecular weight is 360 g/mol. The number of nitro groups is 1. The molecule has 9 nitrogen and oxygen atoms in total. The first-order chi connectivity index (χ1) is 12.3. The van der Waals surface area contributed by atoms with Gasteiger partial charge in [0.15, 0.2) is 5.82 Å². The highest BCUT2D eigenvalue weighted by Gasteiger charge is 2.22. The molecule has 2 amide bonds. The smallest absolute Gasteiger partial charge is 0.270 e. The van der Waals surface area contributed by atoms with E-state index in [4.69, 9.17) is 4.52 Å². The predicted octanol–water partition coefficient (Wildman–Crippen LogP) is 2.63. The minimum Gasteiger partial charge on any atom is -0.360 e. The summed E-state index contributed by atoms with van der Waals surface area (Å²) >= 11 is 0. The summed E-state index contributed by atoms with van der Waals surface area (Å²) < 4.78 is 4.88. The number of amides is 2. The van der Waals surface area contributed by atoms with Crippen LogP contribution in [0, 0.1) is 23.0 Å². The molecule has 1 aromatic heterocycles. The number of nitrogens with zero attached hydrogens (tertiary/aromatic N) is 3. The second kappa shape index (κ2) is 8.24. The van der Waals surface area contributed by atoms with E-state index in [2.05, 4.69) is 10.5 Å². The van der Waals surface area contributed by atoms with Gasteiger partial charge in [0.1, 0.15) is 12.3 Å². The van der Waals surface area contributed by atoms with Crippen LogP contribution in [-0.2, 0) is 4.79 Å². The summed E-state index contributed by atoms with van der Waals surface area (Å²) in [5.74, 6) is 0.0400. The maximum atomic E-state index is 12.7. The van der Waals surface area contributed by atoms with Crippen LogP contribution in [0.3, 0.4) is 0 Å². The van der Waals surface area contributed by atoms with Crippen molar-refractivity contribution in [1.82, 2.24) is 10.1 Å². The standard InChI is InChI=1S/C17H20N4O5/c1-11(2)9-20(10-16(22)18-15-7-12(3)26-19-15)17(23)13-5-4-6-14(8-13)21(24)25/h4-8,11H,9-10H2,1-3H3,(H,18,19,22). The van der Waals surface area contributed by atoms with Gasteiger partial charge < -0.3 is 14.7 Å². The summed E-state index contributed by atoms with van der Waals surface area (Å²) in [5, 5.41) is 17.1. The number of aromatic nitrogens is 1. The maximum Gasteiger partial charge on any atom is 0.270 e. The number of nitrogens with one attached hydrogen (secondary N) is 1. The summed E-state index contributed by atoms with van der Waals surface area (Å²) in [4.78, 5) is 36.7. The van der Waals surface area contributed by atoms with Gasteiger partial charge in [0.05, 0.1) is 4.92 Å². The second-order valence-electron chi connectivity index (χ2n) is 6.26. The van der Waals surface area contributed by atoms with Crippen LogP contribution in [0.2, 0.25) is 0 Å². The first-order valence-corrected chi connectivity index (χ1v) is 8.03. The molecule has 26 heavy (non-hydrogen) atoms. The molecule has 0 saturated carbocycles. The van der Waals surface area contributed by atoms with Crippen molar-refractivity contribution in [2.75, 3.05) is 18.4 Å². The lowest BCUT2D eigenvalue weighted by Gasteiger charge is -2.24. The Hall–Kier alpha value is -3.23. The maximum absolute atomic E-state index is 12.7. The molecule has 0 aliphatic heterocycles. The molecular weight excluding hydrogens is 340 g/mol. The summed E-state index contributed by atoms with van der Waals surface area (Å²) in [6.45, 7) is 5.64. The zero-order valence-corrected chi connectivity index (χ0v) is 14.8. The molecule has 0 aliphatic rings. The molecule has 0 fully saturated rings. The number of hydrogen-bond donors (Lipinski definition) is 1. The quantitative estimate of drug-likeness (QED) is 0.599. The Balaban J connectivity index is 2.15. The zero-order valence-electron chi connectivity index (χ0n) is 14.8. The lowest BCUT2D eigenvalue weighted by molar-refractivity contribution is -0.384. The van der Waals surface area contributed by atoms with Gasteiger partial charge >= 0.3 is 0 Å². The summed E-state index contributed by atoms with van der Waals surface area (Å²) in [6, 6.07) is 7.00. The van der Waals surface area contributed by atoms with E-state index in [1.807, 2.05) is 13.8 Å². The number of aryl methyl sites for hydroxylation is 1. The fourth-order valence-electron chi connectivity index (χ4n) is 2.38. The molecule has 0 saturated heterocycles. The van der Waals surface area contributed by atoms with Crippen molar-refractivity contribution in [2.45, 2.75) is 20.8 Å². The van der Waals surface area contributed by atoms with Gasteiger partial charge in [0.25, 0.3) is 11.6 Å². The second-order valence-corrected chi connectivity index (χ2v) is 6.26. The minimum atomic E-state index is -0.566. The van der Waals surface area contributed by atoms with Crippen molar-refractivity contribution in [3.63, 3.8) is 0 Å². The Labute approximate surface area is 150 Å². The summed E-state index contributed by atoms with van der Waals surface area (Å²) in [7, 11) is 0. The molecule has 0 aliphatic carbocycles. The molecule has 1 heterocycles. The number of hydrogen-bond acceptors (Lipinski definition) is 6. The molecule has 2 aromatic rings. The summed E-state index contributed by atoms with van der Waals surface area (Å²) in [6.07, 6.45) is 0. The van der Waals surface area contributed by atoms with Crippen LogP contribution in [0.5, 0.6) is 0 Å². The molecule has 1 aromatic carbocycles. The number of non-ortho nitro benzene ring substituents is 1. The third-order valence-corrected chi connectivity index (χ3v) is 3.41. The molecule has 1 N–H and O–H groups in total. The SMILES string of the molecule is Cc1cc(NC(=O)CN(CC(C)C)C(=O)c2cccc([N+](=O)[O-])c2)no1. The number of carbonyl (C=O) groups is 2. The van der Waals surface area contributed by atoms with E-state index in [0.29, 0.717) is 12.3 Å². The fraction of sp³-hybridized carbons (Fsp3) is 0.353. The highest BCUT2D eigenvalue weighted by atomic mass is 16.6. The van der Waals surface area contributed by atoms with Crippen LogP contribution in [-0.4, -0.2) is 39.9 Å². The van der Waals surface area contributed by atoms with Crippen molar-refractivity contribution < 1.29 is 19.0 Å². The van der Waals surface area contributed by atoms with Gasteiger partial charge in [-0.2, -0.15) is 0 Å². The Bertz CT molecular complexity index is 815. The first-order valence-electron chi connectivity index (χ1n) is 8.03. The zero-order chi connectivity index (χ0) is 19.3. The van der Waals surface area contributed by atoms with Crippen LogP contribution >= 0.6 is 0 Å². The minimum absolute atomic E-state index is 0.111. The highest BCUT2D eigenvalue weighted by Crippen LogP contribution is 2.16. The van der Waals surface area contributed by atoms with E-state index >= 15 is 0 Å². The van der Waals surface area contributed by atoms with E-state index in [1.165, 1.54) is 29.2 Å². The largest absolute Gasteiger partial charge is 0.360 e. The first kappa shape index (κ1) is 19.1. The number of rotatable bonds is 7. The van der Waals surface area contributed by atoms with E-state index in [9.17, 15) is 19.7 Å². The molecule has 138 valence electrons. The van der Waals surface area contributed by atoms with Crippen molar-refractivity contribution >= 4 is 23.3 Å². The Morgan fingerprint density at radius 3 is 2.65 bits per heavy atom. The van der Waals surface area contributed by atoms with Crippen molar-refractivity contribution in [2.24, 2.45) is 5.92 Å². The molecule has 0 radical (unpaired) electrons. The average Bonchev–Trinajstić information content (AvgIpc) is 2.98. The van der Waals surface area contributed by atoms with Crippen LogP contribution in [0.4, 0.5) is 11.5 Å². The van der Waals surface area contributed by atoms with Gasteiger partial charge in [-0.1, -0.05) is 25.1 Å². The van der Waals surface area contributed by atoms with Gasteiger partial charge in [-0.3, -0.25) is 19.7 Å². The molecule has 0 bridgehead atoms. The van der Waals surface area contributed by atoms with Gasteiger partial charge in [-0.05, 0) is 18.9 Å². The van der Waals surface area contributed by atoms with Gasteiger partial charge in [0, 0.05) is 30.3 Å². The van der Waals surface area contributed by atoms with E-state index < -0.39 is 16.7 Å². The highest BCUT2D eigenvalue weighted by molar-refractivity contribution is 5.99. The summed E-state index contributed by atoms with van der Waals surface area (Å²) in [5.41, 5.74) is -0.0206. The molecular formula is C17H20N4O5. The third-order valence-electron chi connectivity index (χ3n) is 3.41. The number of nitro benzene ring substituents is 1. The predicted molar refractivity (Wildman–Crippen MR) is 93.7 cm³/mol. The van der Waals surface area contributed by atoms with Crippen LogP contribution in [0.15, 0.2) is 34.9 Å². The van der Waals surface area contributed by atoms with Gasteiger partial charge in [0.2, 0.25) is 5.91 Å².